The second-order valence-electron chi connectivity index (χ2n) is 3.49. The van der Waals surface area contributed by atoms with Crippen molar-refractivity contribution in [1.29, 1.82) is 0 Å². The van der Waals surface area contributed by atoms with Crippen molar-refractivity contribution in [3.8, 4) is 0 Å². The van der Waals surface area contributed by atoms with Gasteiger partial charge >= 0.3 is 0 Å². The summed E-state index contributed by atoms with van der Waals surface area (Å²) in [5.74, 6) is 0.0776. The summed E-state index contributed by atoms with van der Waals surface area (Å²) in [6.07, 6.45) is 4.26. The van der Waals surface area contributed by atoms with Crippen molar-refractivity contribution in [3.63, 3.8) is 0 Å². The third kappa shape index (κ3) is 3.68. The number of hydrogen-bond acceptors (Lipinski definition) is 2. The van der Waals surface area contributed by atoms with Gasteiger partial charge < -0.3 is 5.73 Å². The summed E-state index contributed by atoms with van der Waals surface area (Å²) >= 11 is 0. The van der Waals surface area contributed by atoms with Gasteiger partial charge in [-0.1, -0.05) is 43.3 Å². The molecule has 0 heterocycles. The van der Waals surface area contributed by atoms with Crippen LogP contribution in [-0.4, -0.2) is 12.3 Å². The molecule has 1 atom stereocenters. The van der Waals surface area contributed by atoms with Crippen LogP contribution in [0.4, 0.5) is 0 Å². The molecule has 15 heavy (non-hydrogen) atoms. The lowest BCUT2D eigenvalue weighted by molar-refractivity contribution is -0.117. The van der Waals surface area contributed by atoms with Gasteiger partial charge in [-0.25, -0.2) is 0 Å². The molecule has 1 rings (SSSR count). The Morgan fingerprint density at radius 2 is 2.07 bits per heavy atom. The van der Waals surface area contributed by atoms with Gasteiger partial charge in [-0.15, -0.1) is 0 Å². The minimum atomic E-state index is -0.0371. The molecule has 0 saturated heterocycles. The molecular formula is C13H17NO. The molecule has 2 heteroatoms. The van der Waals surface area contributed by atoms with E-state index in [1.54, 1.807) is 6.08 Å². The SMILES string of the molecule is CCC(CN)C(=O)C=Cc1ccccc1. The number of hydrogen-bond donors (Lipinski definition) is 1. The zero-order valence-corrected chi connectivity index (χ0v) is 9.02. The minimum Gasteiger partial charge on any atom is -0.330 e. The number of ketones is 1. The number of carbonyl (C=O) groups is 1. The van der Waals surface area contributed by atoms with E-state index in [0.29, 0.717) is 6.54 Å². The maximum atomic E-state index is 11.6. The van der Waals surface area contributed by atoms with Crippen LogP contribution in [0.5, 0.6) is 0 Å². The summed E-state index contributed by atoms with van der Waals surface area (Å²) in [4.78, 5) is 11.6. The Labute approximate surface area is 90.8 Å². The Balaban J connectivity index is 2.62. The van der Waals surface area contributed by atoms with Crippen molar-refractivity contribution in [2.75, 3.05) is 6.54 Å². The topological polar surface area (TPSA) is 43.1 Å². The molecular weight excluding hydrogens is 186 g/mol. The maximum absolute atomic E-state index is 11.6. The number of carbonyl (C=O) groups excluding carboxylic acids is 1. The molecule has 0 aromatic heterocycles. The quantitative estimate of drug-likeness (QED) is 0.746. The van der Waals surface area contributed by atoms with E-state index < -0.39 is 0 Å². The summed E-state index contributed by atoms with van der Waals surface area (Å²) in [6, 6.07) is 9.78. The van der Waals surface area contributed by atoms with Crippen molar-refractivity contribution < 1.29 is 4.79 Å². The number of allylic oxidation sites excluding steroid dienone is 1. The van der Waals surface area contributed by atoms with E-state index in [2.05, 4.69) is 0 Å². The van der Waals surface area contributed by atoms with E-state index in [0.717, 1.165) is 12.0 Å². The van der Waals surface area contributed by atoms with Gasteiger partial charge in [0.15, 0.2) is 5.78 Å². The lowest BCUT2D eigenvalue weighted by Gasteiger charge is -2.06. The highest BCUT2D eigenvalue weighted by Gasteiger charge is 2.10. The fraction of sp³-hybridized carbons (Fsp3) is 0.308. The fourth-order valence-electron chi connectivity index (χ4n) is 1.36. The molecule has 0 fully saturated rings. The van der Waals surface area contributed by atoms with Gasteiger partial charge in [0, 0.05) is 12.5 Å². The van der Waals surface area contributed by atoms with Crippen molar-refractivity contribution in [1.82, 2.24) is 0 Å². The molecule has 0 aliphatic carbocycles. The second-order valence-corrected chi connectivity index (χ2v) is 3.49. The molecule has 0 aliphatic heterocycles. The van der Waals surface area contributed by atoms with Gasteiger partial charge in [0.25, 0.3) is 0 Å². The summed E-state index contributed by atoms with van der Waals surface area (Å²) in [6.45, 7) is 2.40. The first-order valence-electron chi connectivity index (χ1n) is 5.25. The van der Waals surface area contributed by atoms with Gasteiger partial charge in [-0.3, -0.25) is 4.79 Å². The number of rotatable bonds is 5. The third-order valence-electron chi connectivity index (χ3n) is 2.42. The van der Waals surface area contributed by atoms with E-state index >= 15 is 0 Å². The Kier molecular flexibility index (Phi) is 4.78. The Morgan fingerprint density at radius 3 is 2.60 bits per heavy atom. The Hall–Kier alpha value is -1.41. The largest absolute Gasteiger partial charge is 0.330 e. The lowest BCUT2D eigenvalue weighted by atomic mass is 10.0. The van der Waals surface area contributed by atoms with E-state index in [9.17, 15) is 4.79 Å². The van der Waals surface area contributed by atoms with Gasteiger partial charge in [0.2, 0.25) is 0 Å². The van der Waals surface area contributed by atoms with Gasteiger partial charge in [0.1, 0.15) is 0 Å². The number of benzene rings is 1. The van der Waals surface area contributed by atoms with Crippen molar-refractivity contribution in [2.45, 2.75) is 13.3 Å². The first kappa shape index (κ1) is 11.7. The molecule has 2 N–H and O–H groups in total. The van der Waals surface area contributed by atoms with Crippen molar-refractivity contribution in [2.24, 2.45) is 11.7 Å². The van der Waals surface area contributed by atoms with Crippen LogP contribution in [0.25, 0.3) is 6.08 Å². The van der Waals surface area contributed by atoms with Crippen LogP contribution in [0.2, 0.25) is 0 Å². The van der Waals surface area contributed by atoms with Gasteiger partial charge in [-0.2, -0.15) is 0 Å². The lowest BCUT2D eigenvalue weighted by Crippen LogP contribution is -2.21. The predicted octanol–water partition coefficient (Wildman–Crippen LogP) is 2.25. The van der Waals surface area contributed by atoms with Crippen molar-refractivity contribution >= 4 is 11.9 Å². The van der Waals surface area contributed by atoms with Crippen LogP contribution in [0.15, 0.2) is 36.4 Å². The van der Waals surface area contributed by atoms with Crippen LogP contribution in [0, 0.1) is 5.92 Å². The molecule has 0 radical (unpaired) electrons. The van der Waals surface area contributed by atoms with E-state index in [-0.39, 0.29) is 11.7 Å². The van der Waals surface area contributed by atoms with Crippen LogP contribution < -0.4 is 5.73 Å². The molecule has 0 spiro atoms. The highest BCUT2D eigenvalue weighted by atomic mass is 16.1. The summed E-state index contributed by atoms with van der Waals surface area (Å²) in [5, 5.41) is 0. The monoisotopic (exact) mass is 203 g/mol. The standard InChI is InChI=1S/C13H17NO/c1-2-12(10-14)13(15)9-8-11-6-4-3-5-7-11/h3-9,12H,2,10,14H2,1H3. The number of nitrogens with two attached hydrogens (primary N) is 1. The zero-order valence-electron chi connectivity index (χ0n) is 9.02. The molecule has 2 nitrogen and oxygen atoms in total. The average Bonchev–Trinajstić information content (AvgIpc) is 2.29. The van der Waals surface area contributed by atoms with Crippen molar-refractivity contribution in [3.05, 3.63) is 42.0 Å². The van der Waals surface area contributed by atoms with Crippen LogP contribution in [0.1, 0.15) is 18.9 Å². The summed E-state index contributed by atoms with van der Waals surface area (Å²) in [5.41, 5.74) is 6.54. The molecule has 1 aromatic rings. The smallest absolute Gasteiger partial charge is 0.160 e. The molecule has 1 unspecified atom stereocenters. The molecule has 1 aromatic carbocycles. The summed E-state index contributed by atoms with van der Waals surface area (Å²) < 4.78 is 0. The van der Waals surface area contributed by atoms with E-state index in [1.807, 2.05) is 43.3 Å². The normalized spacial score (nSPS) is 12.9. The first-order chi connectivity index (χ1) is 7.27. The Morgan fingerprint density at radius 1 is 1.40 bits per heavy atom. The molecule has 0 amide bonds. The van der Waals surface area contributed by atoms with Crippen LogP contribution in [-0.2, 0) is 4.79 Å². The molecule has 80 valence electrons. The third-order valence-corrected chi connectivity index (χ3v) is 2.42. The van der Waals surface area contributed by atoms with Crippen LogP contribution >= 0.6 is 0 Å². The average molecular weight is 203 g/mol. The van der Waals surface area contributed by atoms with Gasteiger partial charge in [-0.05, 0) is 18.1 Å². The Bertz CT molecular complexity index is 326. The summed E-state index contributed by atoms with van der Waals surface area (Å²) in [7, 11) is 0. The maximum Gasteiger partial charge on any atom is 0.160 e. The second kappa shape index (κ2) is 6.14. The predicted molar refractivity (Wildman–Crippen MR) is 63.3 cm³/mol. The molecule has 0 saturated carbocycles. The van der Waals surface area contributed by atoms with E-state index in [1.165, 1.54) is 0 Å². The van der Waals surface area contributed by atoms with E-state index in [4.69, 9.17) is 5.73 Å². The fourth-order valence-corrected chi connectivity index (χ4v) is 1.36. The molecule has 0 bridgehead atoms. The molecule has 0 aliphatic rings. The first-order valence-corrected chi connectivity index (χ1v) is 5.25. The highest BCUT2D eigenvalue weighted by molar-refractivity contribution is 5.95. The minimum absolute atomic E-state index is 0.0371. The van der Waals surface area contributed by atoms with Crippen LogP contribution in [0.3, 0.4) is 0 Å². The zero-order chi connectivity index (χ0) is 11.1. The van der Waals surface area contributed by atoms with Gasteiger partial charge in [0.05, 0.1) is 0 Å². The highest BCUT2D eigenvalue weighted by Crippen LogP contribution is 2.06.